The van der Waals surface area contributed by atoms with Crippen molar-refractivity contribution in [2.45, 2.75) is 40.0 Å². The van der Waals surface area contributed by atoms with Crippen molar-refractivity contribution >= 4 is 5.69 Å². The Morgan fingerprint density at radius 1 is 1.25 bits per heavy atom. The summed E-state index contributed by atoms with van der Waals surface area (Å²) in [7, 11) is 0. The average Bonchev–Trinajstić information content (AvgIpc) is 2.69. The summed E-state index contributed by atoms with van der Waals surface area (Å²) in [6.45, 7) is 9.22. The number of ether oxygens (including phenoxy) is 1. The minimum absolute atomic E-state index is 0.0921. The number of para-hydroxylation sites is 1. The second kappa shape index (κ2) is 4.86. The fraction of sp³-hybridized carbons (Fsp3) is 0.600. The number of hydrogen-bond acceptors (Lipinski definition) is 2. The van der Waals surface area contributed by atoms with E-state index in [0.717, 1.165) is 5.56 Å². The van der Waals surface area contributed by atoms with Gasteiger partial charge in [0.25, 0.3) is 0 Å². The normalized spacial score (nSPS) is 20.2. The largest absolute Gasteiger partial charge is 0.573 e. The molecule has 1 aliphatic heterocycles. The van der Waals surface area contributed by atoms with Gasteiger partial charge in [0.1, 0.15) is 0 Å². The number of halogens is 3. The first-order valence-corrected chi connectivity index (χ1v) is 6.72. The van der Waals surface area contributed by atoms with Crippen LogP contribution in [0.5, 0.6) is 5.75 Å². The van der Waals surface area contributed by atoms with Gasteiger partial charge in [-0.2, -0.15) is 0 Å². The van der Waals surface area contributed by atoms with E-state index < -0.39 is 6.36 Å². The summed E-state index contributed by atoms with van der Waals surface area (Å²) in [5, 5.41) is 3.07. The first-order chi connectivity index (χ1) is 9.09. The Morgan fingerprint density at radius 3 is 2.45 bits per heavy atom. The van der Waals surface area contributed by atoms with E-state index in [1.807, 2.05) is 6.07 Å². The Morgan fingerprint density at radius 2 is 1.90 bits per heavy atom. The smallest absolute Gasteiger partial charge is 0.404 e. The van der Waals surface area contributed by atoms with Gasteiger partial charge in [0.05, 0.1) is 5.69 Å². The van der Waals surface area contributed by atoms with E-state index in [4.69, 9.17) is 0 Å². The Bertz CT molecular complexity index is 491. The van der Waals surface area contributed by atoms with Gasteiger partial charge in [-0.1, -0.05) is 39.8 Å². The maximum Gasteiger partial charge on any atom is 0.573 e. The second-order valence-electron chi connectivity index (χ2n) is 6.41. The fourth-order valence-corrected chi connectivity index (χ4v) is 2.63. The molecule has 1 aliphatic rings. The predicted molar refractivity (Wildman–Crippen MR) is 73.0 cm³/mol. The van der Waals surface area contributed by atoms with Gasteiger partial charge in [0.2, 0.25) is 0 Å². The Kier molecular flexibility index (Phi) is 3.65. The molecule has 5 heteroatoms. The molecule has 1 aromatic carbocycles. The number of benzene rings is 1. The molecule has 0 saturated heterocycles. The van der Waals surface area contributed by atoms with E-state index >= 15 is 0 Å². The van der Waals surface area contributed by atoms with Crippen molar-refractivity contribution in [2.75, 3.05) is 11.9 Å². The number of hydrogen-bond donors (Lipinski definition) is 1. The monoisotopic (exact) mass is 287 g/mol. The lowest BCUT2D eigenvalue weighted by atomic mass is 9.72. The molecule has 0 bridgehead atoms. The van der Waals surface area contributed by atoms with E-state index in [0.29, 0.717) is 18.2 Å². The van der Waals surface area contributed by atoms with Gasteiger partial charge in [-0.05, 0) is 23.0 Å². The van der Waals surface area contributed by atoms with E-state index in [1.54, 1.807) is 6.07 Å². The van der Waals surface area contributed by atoms with Crippen molar-refractivity contribution in [3.63, 3.8) is 0 Å². The van der Waals surface area contributed by atoms with Crippen molar-refractivity contribution in [3.05, 3.63) is 23.8 Å². The molecule has 2 unspecified atom stereocenters. The van der Waals surface area contributed by atoms with Gasteiger partial charge < -0.3 is 10.1 Å². The third-order valence-corrected chi connectivity index (χ3v) is 4.15. The summed E-state index contributed by atoms with van der Waals surface area (Å²) in [5.74, 6) is 0.401. The molecule has 0 radical (unpaired) electrons. The molecule has 1 N–H and O–H groups in total. The highest BCUT2D eigenvalue weighted by atomic mass is 19.4. The van der Waals surface area contributed by atoms with Crippen LogP contribution in [0.2, 0.25) is 0 Å². The van der Waals surface area contributed by atoms with Crippen LogP contribution >= 0.6 is 0 Å². The van der Waals surface area contributed by atoms with Crippen LogP contribution in [0.3, 0.4) is 0 Å². The first kappa shape index (κ1) is 15.0. The number of alkyl halides is 3. The zero-order valence-electron chi connectivity index (χ0n) is 12.1. The van der Waals surface area contributed by atoms with Crippen molar-refractivity contribution in [2.24, 2.45) is 11.3 Å². The Hall–Kier alpha value is -1.39. The molecule has 112 valence electrons. The molecule has 0 aromatic heterocycles. The van der Waals surface area contributed by atoms with Gasteiger partial charge >= 0.3 is 6.36 Å². The zero-order chi connectivity index (χ0) is 15.1. The van der Waals surface area contributed by atoms with Gasteiger partial charge in [-0.15, -0.1) is 13.2 Å². The SMILES string of the molecule is CC(C1CNc2c(OC(F)(F)F)cccc21)C(C)(C)C. The van der Waals surface area contributed by atoms with Gasteiger partial charge in [-0.25, -0.2) is 0 Å². The van der Waals surface area contributed by atoms with Crippen LogP contribution in [-0.2, 0) is 0 Å². The third kappa shape index (κ3) is 3.02. The van der Waals surface area contributed by atoms with Crippen LogP contribution in [-0.4, -0.2) is 12.9 Å². The van der Waals surface area contributed by atoms with Crippen LogP contribution in [0.25, 0.3) is 0 Å². The summed E-state index contributed by atoms with van der Waals surface area (Å²) >= 11 is 0. The highest BCUT2D eigenvalue weighted by Crippen LogP contribution is 2.47. The number of rotatable bonds is 2. The maximum absolute atomic E-state index is 12.4. The molecular formula is C15H20F3NO. The first-order valence-electron chi connectivity index (χ1n) is 6.72. The van der Waals surface area contributed by atoms with Gasteiger partial charge in [0.15, 0.2) is 5.75 Å². The highest BCUT2D eigenvalue weighted by Gasteiger charge is 2.37. The quantitative estimate of drug-likeness (QED) is 0.845. The minimum atomic E-state index is -4.66. The predicted octanol–water partition coefficient (Wildman–Crippen LogP) is 4.78. The molecule has 1 aromatic rings. The lowest BCUT2D eigenvalue weighted by molar-refractivity contribution is -0.274. The van der Waals surface area contributed by atoms with E-state index in [-0.39, 0.29) is 17.1 Å². The lowest BCUT2D eigenvalue weighted by Gasteiger charge is -2.32. The van der Waals surface area contributed by atoms with Crippen LogP contribution in [0.15, 0.2) is 18.2 Å². The van der Waals surface area contributed by atoms with Crippen molar-refractivity contribution in [1.29, 1.82) is 0 Å². The number of fused-ring (bicyclic) bond motifs is 1. The van der Waals surface area contributed by atoms with Crippen molar-refractivity contribution in [3.8, 4) is 5.75 Å². The van der Waals surface area contributed by atoms with Crippen LogP contribution in [0.1, 0.15) is 39.2 Å². The number of anilines is 1. The molecule has 0 saturated carbocycles. The summed E-state index contributed by atoms with van der Waals surface area (Å²) in [6.07, 6.45) is -4.66. The molecule has 20 heavy (non-hydrogen) atoms. The topological polar surface area (TPSA) is 21.3 Å². The van der Waals surface area contributed by atoms with E-state index in [9.17, 15) is 13.2 Å². The summed E-state index contributed by atoms with van der Waals surface area (Å²) in [4.78, 5) is 0. The fourth-order valence-electron chi connectivity index (χ4n) is 2.63. The summed E-state index contributed by atoms with van der Waals surface area (Å²) < 4.78 is 41.3. The minimum Gasteiger partial charge on any atom is -0.404 e. The van der Waals surface area contributed by atoms with Gasteiger partial charge in [0, 0.05) is 12.5 Å². The van der Waals surface area contributed by atoms with Gasteiger partial charge in [-0.3, -0.25) is 0 Å². The molecular weight excluding hydrogens is 267 g/mol. The second-order valence-corrected chi connectivity index (χ2v) is 6.41. The molecule has 2 atom stereocenters. The van der Waals surface area contributed by atoms with Crippen LogP contribution < -0.4 is 10.1 Å². The molecule has 0 aliphatic carbocycles. The Balaban J connectivity index is 2.32. The summed E-state index contributed by atoms with van der Waals surface area (Å²) in [6, 6.07) is 4.85. The average molecular weight is 287 g/mol. The van der Waals surface area contributed by atoms with Crippen LogP contribution in [0, 0.1) is 11.3 Å². The molecule has 0 amide bonds. The van der Waals surface area contributed by atoms with Crippen LogP contribution in [0.4, 0.5) is 18.9 Å². The van der Waals surface area contributed by atoms with E-state index in [2.05, 4.69) is 37.7 Å². The van der Waals surface area contributed by atoms with Crippen molar-refractivity contribution in [1.82, 2.24) is 0 Å². The molecule has 0 spiro atoms. The number of nitrogens with one attached hydrogen (secondary N) is 1. The molecule has 2 rings (SSSR count). The van der Waals surface area contributed by atoms with Crippen molar-refractivity contribution < 1.29 is 17.9 Å². The molecule has 1 heterocycles. The lowest BCUT2D eigenvalue weighted by Crippen LogP contribution is -2.25. The van der Waals surface area contributed by atoms with E-state index in [1.165, 1.54) is 6.07 Å². The Labute approximate surface area is 117 Å². The maximum atomic E-state index is 12.4. The standard InChI is InChI=1S/C15H20F3NO/c1-9(14(2,3)4)11-8-19-13-10(11)6-5-7-12(13)20-15(16,17)18/h5-7,9,11,19H,8H2,1-4H3. The highest BCUT2D eigenvalue weighted by molar-refractivity contribution is 5.67. The molecule has 2 nitrogen and oxygen atoms in total. The third-order valence-electron chi connectivity index (χ3n) is 4.15. The molecule has 0 fully saturated rings. The zero-order valence-corrected chi connectivity index (χ0v) is 12.1. The summed E-state index contributed by atoms with van der Waals surface area (Å²) in [5.41, 5.74) is 1.48.